The van der Waals surface area contributed by atoms with Crippen molar-refractivity contribution in [3.63, 3.8) is 0 Å². The van der Waals surface area contributed by atoms with Gasteiger partial charge in [-0.05, 0) is 36.8 Å². The summed E-state index contributed by atoms with van der Waals surface area (Å²) in [5.41, 5.74) is 1.08. The summed E-state index contributed by atoms with van der Waals surface area (Å²) in [5, 5.41) is 13.5. The molecular weight excluding hydrogens is 274 g/mol. The van der Waals surface area contributed by atoms with Crippen molar-refractivity contribution in [1.29, 1.82) is 0 Å². The molecule has 1 aromatic carbocycles. The summed E-state index contributed by atoms with van der Waals surface area (Å²) in [4.78, 5) is 12.1. The standard InChI is InChI=1S/C16H20ClNO2/c17-14-6-2-1-5-11(14)12-8-13(12)16(20)18-9-10-4-3-7-15(10)19/h1-2,5-6,10,12-13,15,19H,3-4,7-9H2,(H,18,20). The zero-order valence-electron chi connectivity index (χ0n) is 11.4. The minimum absolute atomic E-state index is 0.0495. The van der Waals surface area contributed by atoms with Crippen molar-refractivity contribution in [3.05, 3.63) is 34.9 Å². The van der Waals surface area contributed by atoms with Crippen LogP contribution in [-0.4, -0.2) is 23.7 Å². The molecule has 4 heteroatoms. The fourth-order valence-corrected chi connectivity index (χ4v) is 3.50. The van der Waals surface area contributed by atoms with Crippen LogP contribution in [0.25, 0.3) is 0 Å². The molecule has 2 saturated carbocycles. The molecular formula is C16H20ClNO2. The van der Waals surface area contributed by atoms with E-state index in [0.717, 1.165) is 36.3 Å². The minimum atomic E-state index is -0.242. The summed E-state index contributed by atoms with van der Waals surface area (Å²) in [7, 11) is 0. The lowest BCUT2D eigenvalue weighted by Gasteiger charge is -2.15. The third-order valence-electron chi connectivity index (χ3n) is 4.59. The molecule has 20 heavy (non-hydrogen) atoms. The lowest BCUT2D eigenvalue weighted by atomic mass is 10.1. The zero-order chi connectivity index (χ0) is 14.1. The normalized spacial score (nSPS) is 32.1. The van der Waals surface area contributed by atoms with Crippen molar-refractivity contribution in [2.45, 2.75) is 37.7 Å². The number of carbonyl (C=O) groups is 1. The van der Waals surface area contributed by atoms with Crippen molar-refractivity contribution in [3.8, 4) is 0 Å². The molecule has 0 radical (unpaired) electrons. The number of rotatable bonds is 4. The van der Waals surface area contributed by atoms with Gasteiger partial charge in [-0.1, -0.05) is 36.2 Å². The topological polar surface area (TPSA) is 49.3 Å². The highest BCUT2D eigenvalue weighted by atomic mass is 35.5. The molecule has 0 aromatic heterocycles. The summed E-state index contributed by atoms with van der Waals surface area (Å²) in [6.07, 6.45) is 3.58. The lowest BCUT2D eigenvalue weighted by Crippen LogP contribution is -2.33. The number of halogens is 1. The van der Waals surface area contributed by atoms with Crippen LogP contribution in [0.1, 0.15) is 37.2 Å². The van der Waals surface area contributed by atoms with Gasteiger partial charge in [0.1, 0.15) is 0 Å². The molecule has 108 valence electrons. The zero-order valence-corrected chi connectivity index (χ0v) is 12.1. The van der Waals surface area contributed by atoms with Gasteiger partial charge in [-0.15, -0.1) is 0 Å². The van der Waals surface area contributed by atoms with Gasteiger partial charge in [0, 0.05) is 23.4 Å². The molecule has 0 bridgehead atoms. The Bertz CT molecular complexity index is 505. The molecule has 2 N–H and O–H groups in total. The van der Waals surface area contributed by atoms with Gasteiger partial charge in [-0.3, -0.25) is 4.79 Å². The first-order chi connectivity index (χ1) is 9.66. The van der Waals surface area contributed by atoms with Gasteiger partial charge in [-0.25, -0.2) is 0 Å². The SMILES string of the molecule is O=C(NCC1CCCC1O)C1CC1c1ccccc1Cl. The first-order valence-corrected chi connectivity index (χ1v) is 7.75. The number of benzene rings is 1. The van der Waals surface area contributed by atoms with Crippen molar-refractivity contribution < 1.29 is 9.90 Å². The number of hydrogen-bond donors (Lipinski definition) is 2. The van der Waals surface area contributed by atoms with Crippen LogP contribution >= 0.6 is 11.6 Å². The van der Waals surface area contributed by atoms with Crippen molar-refractivity contribution in [2.75, 3.05) is 6.54 Å². The maximum Gasteiger partial charge on any atom is 0.223 e. The Kier molecular flexibility index (Phi) is 3.99. The summed E-state index contributed by atoms with van der Waals surface area (Å²) in [6, 6.07) is 7.74. The van der Waals surface area contributed by atoms with Crippen LogP contribution in [0.2, 0.25) is 5.02 Å². The molecule has 4 atom stereocenters. The number of nitrogens with one attached hydrogen (secondary N) is 1. The van der Waals surface area contributed by atoms with Crippen molar-refractivity contribution >= 4 is 17.5 Å². The van der Waals surface area contributed by atoms with E-state index in [1.54, 1.807) is 0 Å². The third-order valence-corrected chi connectivity index (χ3v) is 4.93. The molecule has 3 rings (SSSR count). The van der Waals surface area contributed by atoms with Gasteiger partial charge in [0.05, 0.1) is 6.10 Å². The Morgan fingerprint density at radius 1 is 1.35 bits per heavy atom. The van der Waals surface area contributed by atoms with Crippen molar-refractivity contribution in [2.24, 2.45) is 11.8 Å². The molecule has 1 aromatic rings. The second-order valence-electron chi connectivity index (χ2n) is 5.97. The Morgan fingerprint density at radius 2 is 2.15 bits per heavy atom. The summed E-state index contributed by atoms with van der Waals surface area (Å²) >= 11 is 6.16. The molecule has 4 unspecified atom stereocenters. The highest BCUT2D eigenvalue weighted by molar-refractivity contribution is 6.31. The highest BCUT2D eigenvalue weighted by Crippen LogP contribution is 2.49. The molecule has 2 aliphatic rings. The quantitative estimate of drug-likeness (QED) is 0.897. The third kappa shape index (κ3) is 2.84. The largest absolute Gasteiger partial charge is 0.393 e. The van der Waals surface area contributed by atoms with E-state index in [0.29, 0.717) is 6.54 Å². The summed E-state index contributed by atoms with van der Waals surface area (Å²) in [6.45, 7) is 0.603. The molecule has 0 aliphatic heterocycles. The van der Waals surface area contributed by atoms with E-state index >= 15 is 0 Å². The predicted octanol–water partition coefficient (Wildman–Crippen LogP) is 2.72. The molecule has 0 spiro atoms. The van der Waals surface area contributed by atoms with E-state index in [1.165, 1.54) is 0 Å². The Labute approximate surface area is 124 Å². The van der Waals surface area contributed by atoms with E-state index in [9.17, 15) is 9.90 Å². The number of amides is 1. The van der Waals surface area contributed by atoms with Gasteiger partial charge < -0.3 is 10.4 Å². The maximum absolute atomic E-state index is 12.1. The van der Waals surface area contributed by atoms with Crippen LogP contribution in [0, 0.1) is 11.8 Å². The Hall–Kier alpha value is -1.06. The van der Waals surface area contributed by atoms with Gasteiger partial charge in [0.2, 0.25) is 5.91 Å². The average molecular weight is 294 g/mol. The van der Waals surface area contributed by atoms with Crippen LogP contribution in [-0.2, 0) is 4.79 Å². The van der Waals surface area contributed by atoms with Crippen LogP contribution < -0.4 is 5.32 Å². The number of carbonyl (C=O) groups excluding carboxylic acids is 1. The monoisotopic (exact) mass is 293 g/mol. The number of aliphatic hydroxyl groups is 1. The van der Waals surface area contributed by atoms with E-state index in [2.05, 4.69) is 5.32 Å². The van der Waals surface area contributed by atoms with Crippen LogP contribution in [0.5, 0.6) is 0 Å². The van der Waals surface area contributed by atoms with E-state index in [-0.39, 0.29) is 29.8 Å². The molecule has 2 fully saturated rings. The predicted molar refractivity (Wildman–Crippen MR) is 78.7 cm³/mol. The smallest absolute Gasteiger partial charge is 0.223 e. The molecule has 1 amide bonds. The van der Waals surface area contributed by atoms with Crippen molar-refractivity contribution in [1.82, 2.24) is 5.32 Å². The minimum Gasteiger partial charge on any atom is -0.393 e. The molecule has 3 nitrogen and oxygen atoms in total. The second kappa shape index (κ2) is 5.74. The maximum atomic E-state index is 12.1. The molecule has 2 aliphatic carbocycles. The van der Waals surface area contributed by atoms with E-state index in [1.807, 2.05) is 24.3 Å². The lowest BCUT2D eigenvalue weighted by molar-refractivity contribution is -0.122. The first-order valence-electron chi connectivity index (χ1n) is 7.37. The Balaban J connectivity index is 1.52. The van der Waals surface area contributed by atoms with E-state index in [4.69, 9.17) is 11.6 Å². The summed E-state index contributed by atoms with van der Waals surface area (Å²) < 4.78 is 0. The van der Waals surface area contributed by atoms with Crippen LogP contribution in [0.15, 0.2) is 24.3 Å². The number of aliphatic hydroxyl groups excluding tert-OH is 1. The van der Waals surface area contributed by atoms with Gasteiger partial charge >= 0.3 is 0 Å². The Morgan fingerprint density at radius 3 is 2.85 bits per heavy atom. The van der Waals surface area contributed by atoms with Gasteiger partial charge in [0.15, 0.2) is 0 Å². The number of hydrogen-bond acceptors (Lipinski definition) is 2. The van der Waals surface area contributed by atoms with E-state index < -0.39 is 0 Å². The fraction of sp³-hybridized carbons (Fsp3) is 0.562. The van der Waals surface area contributed by atoms with Gasteiger partial charge in [0.25, 0.3) is 0 Å². The van der Waals surface area contributed by atoms with Gasteiger partial charge in [-0.2, -0.15) is 0 Å². The first kappa shape index (κ1) is 13.9. The highest BCUT2D eigenvalue weighted by Gasteiger charge is 2.44. The average Bonchev–Trinajstić information content (AvgIpc) is 3.13. The van der Waals surface area contributed by atoms with Crippen LogP contribution in [0.4, 0.5) is 0 Å². The fourth-order valence-electron chi connectivity index (χ4n) is 3.22. The second-order valence-corrected chi connectivity index (χ2v) is 6.38. The molecule has 0 heterocycles. The molecule has 0 saturated heterocycles. The summed E-state index contributed by atoms with van der Waals surface area (Å²) in [5.74, 6) is 0.649. The van der Waals surface area contributed by atoms with Crippen LogP contribution in [0.3, 0.4) is 0 Å².